The second-order valence-electron chi connectivity index (χ2n) is 14.1. The number of para-hydroxylation sites is 2. The number of fused-ring (bicyclic) bond motifs is 8. The summed E-state index contributed by atoms with van der Waals surface area (Å²) in [4.78, 5) is 2.47. The molecule has 10 rings (SSSR count). The van der Waals surface area contributed by atoms with Crippen LogP contribution in [0.5, 0.6) is 0 Å². The minimum Gasteiger partial charge on any atom is -0.311 e. The Balaban J connectivity index is 1.18. The van der Waals surface area contributed by atoms with Gasteiger partial charge in [-0.15, -0.1) is 0 Å². The predicted molar refractivity (Wildman–Crippen MR) is 219 cm³/mol. The van der Waals surface area contributed by atoms with Crippen molar-refractivity contribution in [3.8, 4) is 22.3 Å². The molecule has 1 heterocycles. The quantitative estimate of drug-likeness (QED) is 0.135. The van der Waals surface area contributed by atoms with Crippen LogP contribution in [0, 0.1) is 0 Å². The van der Waals surface area contributed by atoms with E-state index in [0.717, 1.165) is 0 Å². The summed E-state index contributed by atoms with van der Waals surface area (Å²) >= 11 is 0. The molecule has 9 aromatic rings. The number of hydrogen-bond donors (Lipinski definition) is 0. The van der Waals surface area contributed by atoms with Gasteiger partial charge in [-0.2, -0.15) is 0 Å². The summed E-state index contributed by atoms with van der Waals surface area (Å²) in [6.07, 6.45) is 0. The van der Waals surface area contributed by atoms with Crippen LogP contribution in [0.15, 0.2) is 176 Å². The van der Waals surface area contributed by atoms with Crippen LogP contribution in [0.2, 0.25) is 13.1 Å². The first kappa shape index (κ1) is 29.0. The van der Waals surface area contributed by atoms with Gasteiger partial charge in [0.05, 0.1) is 0 Å². The van der Waals surface area contributed by atoms with Gasteiger partial charge in [-0.05, 0) is 112 Å². The van der Waals surface area contributed by atoms with Crippen LogP contribution in [-0.2, 0) is 0 Å². The highest BCUT2D eigenvalue weighted by atomic mass is 28.3. The Morgan fingerprint density at radius 1 is 0.380 bits per heavy atom. The van der Waals surface area contributed by atoms with Gasteiger partial charge >= 0.3 is 0 Å². The third-order valence-corrected chi connectivity index (χ3v) is 14.6. The third kappa shape index (κ3) is 4.25. The summed E-state index contributed by atoms with van der Waals surface area (Å²) < 4.78 is 0. The molecular weight excluding hydrogens is 619 g/mol. The van der Waals surface area contributed by atoms with Crippen LogP contribution < -0.4 is 15.3 Å². The SMILES string of the molecule is C[Si]1(C)c2ccccc2N(c2ccc(-c3cc4cc(-c5cccc6ccccc56)c5ccccc5c4c4ccccc34)cc2)c2ccccc21. The molecule has 0 spiro atoms. The maximum Gasteiger partial charge on any atom is 0.117 e. The number of nitrogens with zero attached hydrogens (tertiary/aromatic N) is 1. The van der Waals surface area contributed by atoms with Crippen molar-refractivity contribution in [2.24, 2.45) is 0 Å². The molecule has 1 aliphatic heterocycles. The molecule has 0 aromatic heterocycles. The Morgan fingerprint density at radius 2 is 0.880 bits per heavy atom. The van der Waals surface area contributed by atoms with E-state index in [9.17, 15) is 0 Å². The first-order chi connectivity index (χ1) is 24.6. The summed E-state index contributed by atoms with van der Waals surface area (Å²) in [5.74, 6) is 0. The predicted octanol–water partition coefficient (Wildman–Crippen LogP) is 12.2. The molecule has 0 unspecified atom stereocenters. The molecule has 0 saturated carbocycles. The molecule has 0 N–H and O–H groups in total. The van der Waals surface area contributed by atoms with Crippen molar-refractivity contribution in [3.05, 3.63) is 176 Å². The highest BCUT2D eigenvalue weighted by Crippen LogP contribution is 2.44. The van der Waals surface area contributed by atoms with Crippen LogP contribution in [-0.4, -0.2) is 8.07 Å². The van der Waals surface area contributed by atoms with Crippen molar-refractivity contribution < 1.29 is 0 Å². The van der Waals surface area contributed by atoms with Gasteiger partial charge in [0, 0.05) is 17.1 Å². The second-order valence-corrected chi connectivity index (χ2v) is 18.4. The van der Waals surface area contributed by atoms with Gasteiger partial charge in [0.2, 0.25) is 0 Å². The zero-order valence-corrected chi connectivity index (χ0v) is 29.2. The highest BCUT2D eigenvalue weighted by Gasteiger charge is 2.38. The Labute approximate surface area is 293 Å². The zero-order chi connectivity index (χ0) is 33.4. The fourth-order valence-corrected chi connectivity index (χ4v) is 11.6. The van der Waals surface area contributed by atoms with Gasteiger partial charge in [-0.3, -0.25) is 0 Å². The largest absolute Gasteiger partial charge is 0.311 e. The molecule has 0 amide bonds. The molecule has 0 atom stereocenters. The molecule has 0 bridgehead atoms. The lowest BCUT2D eigenvalue weighted by Gasteiger charge is -2.41. The maximum atomic E-state index is 2.48. The van der Waals surface area contributed by atoms with Crippen molar-refractivity contribution in [1.82, 2.24) is 0 Å². The van der Waals surface area contributed by atoms with E-state index in [-0.39, 0.29) is 0 Å². The molecule has 9 aromatic carbocycles. The molecule has 0 aliphatic carbocycles. The Kier molecular flexibility index (Phi) is 6.40. The first-order valence-corrected chi connectivity index (χ1v) is 20.5. The molecule has 0 radical (unpaired) electrons. The van der Waals surface area contributed by atoms with E-state index in [4.69, 9.17) is 0 Å². The maximum absolute atomic E-state index is 2.48. The molecule has 236 valence electrons. The smallest absolute Gasteiger partial charge is 0.117 e. The van der Waals surface area contributed by atoms with E-state index in [1.807, 2.05) is 0 Å². The summed E-state index contributed by atoms with van der Waals surface area (Å²) in [5.41, 5.74) is 8.82. The van der Waals surface area contributed by atoms with Gasteiger partial charge in [0.1, 0.15) is 8.07 Å². The van der Waals surface area contributed by atoms with Crippen LogP contribution in [0.25, 0.3) is 65.3 Å². The van der Waals surface area contributed by atoms with Crippen LogP contribution >= 0.6 is 0 Å². The average molecular weight is 654 g/mol. The van der Waals surface area contributed by atoms with Gasteiger partial charge < -0.3 is 4.90 Å². The fourth-order valence-electron chi connectivity index (χ4n) is 8.64. The monoisotopic (exact) mass is 653 g/mol. The Bertz CT molecular complexity index is 2740. The number of anilines is 3. The number of benzene rings is 9. The zero-order valence-electron chi connectivity index (χ0n) is 28.2. The second kappa shape index (κ2) is 11.0. The van der Waals surface area contributed by atoms with E-state index < -0.39 is 8.07 Å². The summed E-state index contributed by atoms with van der Waals surface area (Å²) in [6, 6.07) is 65.4. The normalized spacial score (nSPS) is 13.5. The van der Waals surface area contributed by atoms with Crippen molar-refractivity contribution in [1.29, 1.82) is 0 Å². The average Bonchev–Trinajstić information content (AvgIpc) is 3.17. The standard InChI is InChI=1S/C48H35NSi/c1-50(2)46-24-11-9-22-44(46)49(45-23-10-12-25-47(45)50)35-28-26-33(27-29-35)42-30-34-31-43(37-21-13-15-32-14-3-4-16-36(32)37)39-18-6-8-20-41(39)48(34)40-19-7-5-17-38(40)42/h3-31H,1-2H3. The van der Waals surface area contributed by atoms with Crippen molar-refractivity contribution in [2.75, 3.05) is 4.90 Å². The lowest BCUT2D eigenvalue weighted by atomic mass is 9.86. The highest BCUT2D eigenvalue weighted by molar-refractivity contribution is 7.02. The minimum atomic E-state index is -1.83. The van der Waals surface area contributed by atoms with E-state index in [2.05, 4.69) is 194 Å². The van der Waals surface area contributed by atoms with Crippen LogP contribution in [0.3, 0.4) is 0 Å². The first-order valence-electron chi connectivity index (χ1n) is 17.5. The summed E-state index contributed by atoms with van der Waals surface area (Å²) in [7, 11) is -1.83. The molecule has 50 heavy (non-hydrogen) atoms. The topological polar surface area (TPSA) is 3.24 Å². The molecule has 1 nitrogen and oxygen atoms in total. The van der Waals surface area contributed by atoms with Crippen LogP contribution in [0.4, 0.5) is 17.1 Å². The van der Waals surface area contributed by atoms with E-state index in [0.29, 0.717) is 0 Å². The number of hydrogen-bond acceptors (Lipinski definition) is 1. The van der Waals surface area contributed by atoms with Crippen LogP contribution in [0.1, 0.15) is 0 Å². The van der Waals surface area contributed by atoms with E-state index >= 15 is 0 Å². The van der Waals surface area contributed by atoms with E-state index in [1.165, 1.54) is 92.8 Å². The van der Waals surface area contributed by atoms with E-state index in [1.54, 1.807) is 0 Å². The lowest BCUT2D eigenvalue weighted by Crippen LogP contribution is -2.58. The molecule has 0 saturated heterocycles. The van der Waals surface area contributed by atoms with Gasteiger partial charge in [0.25, 0.3) is 0 Å². The molecule has 1 aliphatic rings. The third-order valence-electron chi connectivity index (χ3n) is 11.0. The Morgan fingerprint density at radius 3 is 1.54 bits per heavy atom. The lowest BCUT2D eigenvalue weighted by molar-refractivity contribution is 1.29. The molecular formula is C48H35NSi. The molecule has 2 heteroatoms. The van der Waals surface area contributed by atoms with Crippen molar-refractivity contribution in [2.45, 2.75) is 13.1 Å². The minimum absolute atomic E-state index is 1.19. The Hall–Kier alpha value is -5.96. The summed E-state index contributed by atoms with van der Waals surface area (Å²) in [6.45, 7) is 4.95. The summed E-state index contributed by atoms with van der Waals surface area (Å²) in [5, 5.41) is 13.2. The van der Waals surface area contributed by atoms with Gasteiger partial charge in [-0.25, -0.2) is 0 Å². The number of rotatable bonds is 3. The fraction of sp³-hybridized carbons (Fsp3) is 0.0417. The van der Waals surface area contributed by atoms with Crippen molar-refractivity contribution in [3.63, 3.8) is 0 Å². The van der Waals surface area contributed by atoms with Gasteiger partial charge in [0.15, 0.2) is 0 Å². The van der Waals surface area contributed by atoms with Crippen molar-refractivity contribution >= 4 is 78.6 Å². The molecule has 0 fully saturated rings. The van der Waals surface area contributed by atoms with Gasteiger partial charge in [-0.1, -0.05) is 153 Å².